The van der Waals surface area contributed by atoms with Crippen LogP contribution in [0.25, 0.3) is 0 Å². The van der Waals surface area contributed by atoms with Crippen molar-refractivity contribution >= 4 is 23.5 Å². The SMILES string of the molecule is CNc1nccc(C(=O)N2CCSC(C)(C)C2)c1F. The molecule has 0 atom stereocenters. The molecule has 0 spiro atoms. The van der Waals surface area contributed by atoms with Crippen molar-refractivity contribution in [1.29, 1.82) is 0 Å². The molecule has 0 radical (unpaired) electrons. The van der Waals surface area contributed by atoms with Gasteiger partial charge in [0.25, 0.3) is 5.91 Å². The number of anilines is 1. The number of pyridine rings is 1. The zero-order valence-corrected chi connectivity index (χ0v) is 12.2. The molecular formula is C13H18FN3OS. The van der Waals surface area contributed by atoms with Gasteiger partial charge >= 0.3 is 0 Å². The zero-order valence-electron chi connectivity index (χ0n) is 11.4. The van der Waals surface area contributed by atoms with Crippen LogP contribution in [-0.2, 0) is 0 Å². The molecule has 1 saturated heterocycles. The van der Waals surface area contributed by atoms with Crippen LogP contribution in [0.5, 0.6) is 0 Å². The molecule has 6 heteroatoms. The number of thioether (sulfide) groups is 1. The van der Waals surface area contributed by atoms with Crippen molar-refractivity contribution < 1.29 is 9.18 Å². The van der Waals surface area contributed by atoms with Crippen molar-refractivity contribution in [3.8, 4) is 0 Å². The lowest BCUT2D eigenvalue weighted by atomic mass is 10.1. The van der Waals surface area contributed by atoms with E-state index in [1.54, 1.807) is 11.9 Å². The second-order valence-corrected chi connectivity index (χ2v) is 6.91. The van der Waals surface area contributed by atoms with Gasteiger partial charge < -0.3 is 10.2 Å². The normalized spacial score (nSPS) is 18.2. The molecule has 19 heavy (non-hydrogen) atoms. The van der Waals surface area contributed by atoms with Gasteiger partial charge in [-0.05, 0) is 19.9 Å². The Balaban J connectivity index is 2.25. The number of carbonyl (C=O) groups is 1. The molecule has 2 rings (SSSR count). The Bertz CT molecular complexity index is 493. The summed E-state index contributed by atoms with van der Waals surface area (Å²) in [5.41, 5.74) is 0.0852. The van der Waals surface area contributed by atoms with Crippen molar-refractivity contribution in [1.82, 2.24) is 9.88 Å². The van der Waals surface area contributed by atoms with Gasteiger partial charge in [-0.3, -0.25) is 4.79 Å². The van der Waals surface area contributed by atoms with Gasteiger partial charge in [0.15, 0.2) is 11.6 Å². The minimum absolute atomic E-state index is 0.0171. The third-order valence-electron chi connectivity index (χ3n) is 3.07. The highest BCUT2D eigenvalue weighted by atomic mass is 32.2. The largest absolute Gasteiger partial charge is 0.371 e. The summed E-state index contributed by atoms with van der Waals surface area (Å²) in [4.78, 5) is 18.0. The van der Waals surface area contributed by atoms with E-state index in [4.69, 9.17) is 0 Å². The standard InChI is InChI=1S/C13H18FN3OS/c1-13(2)8-17(6-7-19-13)12(18)9-4-5-16-11(15-3)10(9)14/h4-5H,6-8H2,1-3H3,(H,15,16). The molecule has 1 fully saturated rings. The van der Waals surface area contributed by atoms with E-state index in [0.717, 1.165) is 5.75 Å². The minimum Gasteiger partial charge on any atom is -0.371 e. The van der Waals surface area contributed by atoms with Crippen LogP contribution < -0.4 is 5.32 Å². The third kappa shape index (κ3) is 3.00. The number of hydrogen-bond donors (Lipinski definition) is 1. The topological polar surface area (TPSA) is 45.2 Å². The fourth-order valence-corrected chi connectivity index (χ4v) is 3.25. The Morgan fingerprint density at radius 2 is 2.32 bits per heavy atom. The molecule has 0 aliphatic carbocycles. The quantitative estimate of drug-likeness (QED) is 0.904. The predicted molar refractivity (Wildman–Crippen MR) is 76.2 cm³/mol. The lowest BCUT2D eigenvalue weighted by molar-refractivity contribution is 0.0743. The number of nitrogens with one attached hydrogen (secondary N) is 1. The Morgan fingerprint density at radius 3 is 2.95 bits per heavy atom. The van der Waals surface area contributed by atoms with Crippen molar-refractivity contribution in [2.24, 2.45) is 0 Å². The molecule has 1 aliphatic heterocycles. The average Bonchev–Trinajstić information content (AvgIpc) is 2.37. The molecule has 0 bridgehead atoms. The van der Waals surface area contributed by atoms with E-state index in [2.05, 4.69) is 24.1 Å². The molecule has 0 aromatic carbocycles. The maximum absolute atomic E-state index is 14.1. The smallest absolute Gasteiger partial charge is 0.257 e. The summed E-state index contributed by atoms with van der Waals surface area (Å²) in [6.07, 6.45) is 1.45. The van der Waals surface area contributed by atoms with E-state index in [-0.39, 0.29) is 22.0 Å². The molecule has 1 aliphatic rings. The Labute approximate surface area is 116 Å². The fraction of sp³-hybridized carbons (Fsp3) is 0.538. The van der Waals surface area contributed by atoms with E-state index < -0.39 is 5.82 Å². The molecule has 2 heterocycles. The van der Waals surface area contributed by atoms with E-state index in [1.165, 1.54) is 12.3 Å². The highest BCUT2D eigenvalue weighted by molar-refractivity contribution is 8.00. The Morgan fingerprint density at radius 1 is 1.58 bits per heavy atom. The maximum Gasteiger partial charge on any atom is 0.257 e. The number of carbonyl (C=O) groups excluding carboxylic acids is 1. The molecule has 1 N–H and O–H groups in total. The molecule has 0 saturated carbocycles. The van der Waals surface area contributed by atoms with Crippen LogP contribution in [0.15, 0.2) is 12.3 Å². The predicted octanol–water partition coefficient (Wildman–Crippen LogP) is 2.23. The van der Waals surface area contributed by atoms with Crippen LogP contribution in [0.1, 0.15) is 24.2 Å². The Kier molecular flexibility index (Phi) is 3.99. The highest BCUT2D eigenvalue weighted by Crippen LogP contribution is 2.30. The maximum atomic E-state index is 14.1. The van der Waals surface area contributed by atoms with Crippen LogP contribution in [0.4, 0.5) is 10.2 Å². The molecule has 0 unspecified atom stereocenters. The van der Waals surface area contributed by atoms with Gasteiger partial charge in [0, 0.05) is 36.8 Å². The van der Waals surface area contributed by atoms with Gasteiger partial charge in [-0.25, -0.2) is 9.37 Å². The summed E-state index contributed by atoms with van der Waals surface area (Å²) in [7, 11) is 1.58. The number of hydrogen-bond acceptors (Lipinski definition) is 4. The number of aromatic nitrogens is 1. The summed E-state index contributed by atoms with van der Waals surface area (Å²) in [5.74, 6) is 0.150. The molecule has 4 nitrogen and oxygen atoms in total. The van der Waals surface area contributed by atoms with Crippen LogP contribution >= 0.6 is 11.8 Å². The highest BCUT2D eigenvalue weighted by Gasteiger charge is 2.31. The van der Waals surface area contributed by atoms with Gasteiger partial charge in [0.05, 0.1) is 5.56 Å². The number of nitrogens with zero attached hydrogens (tertiary/aromatic N) is 2. The number of amides is 1. The van der Waals surface area contributed by atoms with E-state index in [1.807, 2.05) is 11.8 Å². The first-order valence-corrected chi connectivity index (χ1v) is 7.18. The lowest BCUT2D eigenvalue weighted by Crippen LogP contribution is -2.46. The molecular weight excluding hydrogens is 265 g/mol. The second-order valence-electron chi connectivity index (χ2n) is 5.11. The van der Waals surface area contributed by atoms with Crippen LogP contribution in [0.3, 0.4) is 0 Å². The first kappa shape index (κ1) is 14.1. The Hall–Kier alpha value is -1.30. The van der Waals surface area contributed by atoms with Gasteiger partial charge in [0.1, 0.15) is 0 Å². The van der Waals surface area contributed by atoms with Gasteiger partial charge in [-0.1, -0.05) is 0 Å². The summed E-state index contributed by atoms with van der Waals surface area (Å²) >= 11 is 1.84. The summed E-state index contributed by atoms with van der Waals surface area (Å²) in [6.45, 7) is 5.48. The van der Waals surface area contributed by atoms with Gasteiger partial charge in [0.2, 0.25) is 0 Å². The van der Waals surface area contributed by atoms with E-state index >= 15 is 0 Å². The molecule has 1 aromatic heterocycles. The summed E-state index contributed by atoms with van der Waals surface area (Å²) < 4.78 is 14.1. The average molecular weight is 283 g/mol. The molecule has 1 amide bonds. The second kappa shape index (κ2) is 5.36. The first-order chi connectivity index (χ1) is 8.94. The van der Waals surface area contributed by atoms with Crippen LogP contribution in [0.2, 0.25) is 0 Å². The fourth-order valence-electron chi connectivity index (χ4n) is 2.14. The van der Waals surface area contributed by atoms with E-state index in [9.17, 15) is 9.18 Å². The first-order valence-electron chi connectivity index (χ1n) is 6.20. The molecule has 1 aromatic rings. The van der Waals surface area contributed by atoms with E-state index in [0.29, 0.717) is 13.1 Å². The van der Waals surface area contributed by atoms with Crippen molar-refractivity contribution in [2.45, 2.75) is 18.6 Å². The van der Waals surface area contributed by atoms with Crippen LogP contribution in [0, 0.1) is 5.82 Å². The van der Waals surface area contributed by atoms with Gasteiger partial charge in [-0.2, -0.15) is 11.8 Å². The van der Waals surface area contributed by atoms with Crippen molar-refractivity contribution in [3.63, 3.8) is 0 Å². The van der Waals surface area contributed by atoms with Crippen LogP contribution in [-0.4, -0.2) is 46.4 Å². The minimum atomic E-state index is -0.578. The molecule has 104 valence electrons. The van der Waals surface area contributed by atoms with Crippen molar-refractivity contribution in [3.05, 3.63) is 23.6 Å². The monoisotopic (exact) mass is 283 g/mol. The third-order valence-corrected chi connectivity index (χ3v) is 4.37. The zero-order chi connectivity index (χ0) is 14.0. The lowest BCUT2D eigenvalue weighted by Gasteiger charge is -2.37. The number of halogens is 1. The summed E-state index contributed by atoms with van der Waals surface area (Å²) in [5, 5.41) is 2.65. The van der Waals surface area contributed by atoms with Gasteiger partial charge in [-0.15, -0.1) is 0 Å². The summed E-state index contributed by atoms with van der Waals surface area (Å²) in [6, 6.07) is 1.44. The van der Waals surface area contributed by atoms with Crippen molar-refractivity contribution in [2.75, 3.05) is 31.2 Å². The number of rotatable bonds is 2.